The lowest BCUT2D eigenvalue weighted by molar-refractivity contribution is -0.122. The molecular formula is C23H26ClN3O4S. The number of halogens is 1. The Morgan fingerprint density at radius 2 is 1.56 bits per heavy atom. The van der Waals surface area contributed by atoms with Crippen LogP contribution in [0.5, 0.6) is 0 Å². The maximum absolute atomic E-state index is 12.9. The second-order valence-corrected chi connectivity index (χ2v) is 10.6. The fourth-order valence-electron chi connectivity index (χ4n) is 4.14. The molecule has 0 saturated carbocycles. The van der Waals surface area contributed by atoms with E-state index < -0.39 is 15.9 Å². The number of amides is 2. The number of hydrogen-bond donors (Lipinski definition) is 1. The summed E-state index contributed by atoms with van der Waals surface area (Å²) >= 11 is 5.91. The smallest absolute Gasteiger partial charge is 0.243 e. The van der Waals surface area contributed by atoms with Gasteiger partial charge in [-0.05, 0) is 61.4 Å². The number of carbonyl (C=O) groups is 2. The van der Waals surface area contributed by atoms with Crippen LogP contribution >= 0.6 is 11.6 Å². The van der Waals surface area contributed by atoms with E-state index in [1.54, 1.807) is 45.6 Å². The normalized spacial score (nSPS) is 20.2. The minimum Gasteiger partial charge on any atom is -0.326 e. The molecule has 2 aliphatic heterocycles. The van der Waals surface area contributed by atoms with Crippen LogP contribution < -0.4 is 10.2 Å². The molecule has 2 saturated heterocycles. The molecule has 2 aliphatic rings. The van der Waals surface area contributed by atoms with E-state index in [9.17, 15) is 18.0 Å². The molecule has 2 heterocycles. The Morgan fingerprint density at radius 1 is 0.938 bits per heavy atom. The lowest BCUT2D eigenvalue weighted by Gasteiger charge is -2.20. The standard InChI is InChI=1S/C23H26ClN3O4S/c24-18-5-9-20(10-6-18)27-16-17(15-22(27)28)23(29)25-19-7-11-21(12-8-19)32(30,31)26-13-3-1-2-4-14-26/h5-12,17H,1-4,13-16H2,(H,25,29)/t17-/m0/s1. The van der Waals surface area contributed by atoms with Crippen molar-refractivity contribution in [3.63, 3.8) is 0 Å². The number of benzene rings is 2. The monoisotopic (exact) mass is 475 g/mol. The molecule has 1 N–H and O–H groups in total. The largest absolute Gasteiger partial charge is 0.326 e. The Balaban J connectivity index is 1.39. The van der Waals surface area contributed by atoms with E-state index in [1.165, 1.54) is 12.1 Å². The fraction of sp³-hybridized carbons (Fsp3) is 0.391. The molecule has 0 bridgehead atoms. The topological polar surface area (TPSA) is 86.8 Å². The number of nitrogens with zero attached hydrogens (tertiary/aromatic N) is 2. The van der Waals surface area contributed by atoms with Crippen molar-refractivity contribution in [2.45, 2.75) is 37.0 Å². The van der Waals surface area contributed by atoms with Gasteiger partial charge < -0.3 is 10.2 Å². The van der Waals surface area contributed by atoms with Crippen molar-refractivity contribution in [1.29, 1.82) is 0 Å². The van der Waals surface area contributed by atoms with Crippen molar-refractivity contribution in [1.82, 2.24) is 4.31 Å². The van der Waals surface area contributed by atoms with Crippen molar-refractivity contribution < 1.29 is 18.0 Å². The predicted molar refractivity (Wildman–Crippen MR) is 124 cm³/mol. The van der Waals surface area contributed by atoms with Gasteiger partial charge in [0, 0.05) is 42.5 Å². The molecule has 7 nitrogen and oxygen atoms in total. The van der Waals surface area contributed by atoms with Gasteiger partial charge in [0.15, 0.2) is 0 Å². The van der Waals surface area contributed by atoms with Gasteiger partial charge in [-0.3, -0.25) is 9.59 Å². The summed E-state index contributed by atoms with van der Waals surface area (Å²) in [6.45, 7) is 1.37. The summed E-state index contributed by atoms with van der Waals surface area (Å²) in [6.07, 6.45) is 3.98. The molecular weight excluding hydrogens is 450 g/mol. The minimum atomic E-state index is -3.53. The molecule has 170 valence electrons. The van der Waals surface area contributed by atoms with Gasteiger partial charge in [-0.1, -0.05) is 24.4 Å². The maximum atomic E-state index is 12.9. The van der Waals surface area contributed by atoms with Gasteiger partial charge >= 0.3 is 0 Å². The van der Waals surface area contributed by atoms with Crippen LogP contribution in [0.1, 0.15) is 32.1 Å². The second-order valence-electron chi connectivity index (χ2n) is 8.21. The average Bonchev–Trinajstić information content (AvgIpc) is 2.98. The third-order valence-electron chi connectivity index (χ3n) is 5.96. The first kappa shape index (κ1) is 22.8. The van der Waals surface area contributed by atoms with Crippen molar-refractivity contribution in [3.05, 3.63) is 53.6 Å². The van der Waals surface area contributed by atoms with Crippen LogP contribution in [0.25, 0.3) is 0 Å². The summed E-state index contributed by atoms with van der Waals surface area (Å²) in [5, 5.41) is 3.39. The molecule has 0 aliphatic carbocycles. The first-order valence-corrected chi connectivity index (χ1v) is 12.6. The molecule has 4 rings (SSSR count). The average molecular weight is 476 g/mol. The molecule has 0 radical (unpaired) electrons. The van der Waals surface area contributed by atoms with Gasteiger partial charge in [-0.2, -0.15) is 4.31 Å². The summed E-state index contributed by atoms with van der Waals surface area (Å²) in [5.74, 6) is -0.872. The zero-order valence-corrected chi connectivity index (χ0v) is 19.2. The van der Waals surface area contributed by atoms with E-state index in [4.69, 9.17) is 11.6 Å². The predicted octanol–water partition coefficient (Wildman–Crippen LogP) is 3.90. The molecule has 1 atom stereocenters. The van der Waals surface area contributed by atoms with Gasteiger partial charge in [-0.15, -0.1) is 0 Å². The first-order valence-electron chi connectivity index (χ1n) is 10.8. The number of nitrogens with one attached hydrogen (secondary N) is 1. The Bertz CT molecular complexity index is 1080. The molecule has 2 amide bonds. The first-order chi connectivity index (χ1) is 15.3. The molecule has 32 heavy (non-hydrogen) atoms. The second kappa shape index (κ2) is 9.60. The lowest BCUT2D eigenvalue weighted by atomic mass is 10.1. The third-order valence-corrected chi connectivity index (χ3v) is 8.12. The maximum Gasteiger partial charge on any atom is 0.243 e. The number of sulfonamides is 1. The number of anilines is 2. The van der Waals surface area contributed by atoms with Crippen molar-refractivity contribution in [2.75, 3.05) is 29.9 Å². The van der Waals surface area contributed by atoms with Gasteiger partial charge in [0.2, 0.25) is 21.8 Å². The molecule has 0 spiro atoms. The van der Waals surface area contributed by atoms with Crippen LogP contribution in [0.15, 0.2) is 53.4 Å². The van der Waals surface area contributed by atoms with Crippen molar-refractivity contribution in [3.8, 4) is 0 Å². The number of hydrogen-bond acceptors (Lipinski definition) is 4. The van der Waals surface area contributed by atoms with Gasteiger partial charge in [-0.25, -0.2) is 8.42 Å². The van der Waals surface area contributed by atoms with Crippen LogP contribution in [0.2, 0.25) is 5.02 Å². The van der Waals surface area contributed by atoms with Gasteiger partial charge in [0.05, 0.1) is 10.8 Å². The van der Waals surface area contributed by atoms with E-state index in [1.807, 2.05) is 0 Å². The van der Waals surface area contributed by atoms with E-state index >= 15 is 0 Å². The van der Waals surface area contributed by atoms with Crippen LogP contribution in [0.3, 0.4) is 0 Å². The highest BCUT2D eigenvalue weighted by atomic mass is 35.5. The zero-order valence-electron chi connectivity index (χ0n) is 17.7. The third kappa shape index (κ3) is 4.98. The van der Waals surface area contributed by atoms with Crippen LogP contribution in [-0.2, 0) is 19.6 Å². The lowest BCUT2D eigenvalue weighted by Crippen LogP contribution is -2.32. The van der Waals surface area contributed by atoms with Crippen molar-refractivity contribution in [2.24, 2.45) is 5.92 Å². The highest BCUT2D eigenvalue weighted by molar-refractivity contribution is 7.89. The quantitative estimate of drug-likeness (QED) is 0.710. The minimum absolute atomic E-state index is 0.119. The Hall–Kier alpha value is -2.42. The van der Waals surface area contributed by atoms with Gasteiger partial charge in [0.1, 0.15) is 0 Å². The highest BCUT2D eigenvalue weighted by Gasteiger charge is 2.35. The van der Waals surface area contributed by atoms with Crippen LogP contribution in [0.4, 0.5) is 11.4 Å². The highest BCUT2D eigenvalue weighted by Crippen LogP contribution is 2.28. The summed E-state index contributed by atoms with van der Waals surface area (Å²) in [5.41, 5.74) is 1.21. The summed E-state index contributed by atoms with van der Waals surface area (Å²) in [7, 11) is -3.53. The number of carbonyl (C=O) groups excluding carboxylic acids is 2. The van der Waals surface area contributed by atoms with Gasteiger partial charge in [0.25, 0.3) is 0 Å². The Morgan fingerprint density at radius 3 is 2.19 bits per heavy atom. The molecule has 2 aromatic rings. The summed E-state index contributed by atoms with van der Waals surface area (Å²) < 4.78 is 27.3. The van der Waals surface area contributed by atoms with E-state index in [-0.39, 0.29) is 29.7 Å². The van der Waals surface area contributed by atoms with E-state index in [0.29, 0.717) is 29.5 Å². The zero-order chi connectivity index (χ0) is 22.7. The fourth-order valence-corrected chi connectivity index (χ4v) is 5.78. The SMILES string of the molecule is O=C(Nc1ccc(S(=O)(=O)N2CCCCCC2)cc1)[C@H]1CC(=O)N(c2ccc(Cl)cc2)C1. The molecule has 2 fully saturated rings. The van der Waals surface area contributed by atoms with E-state index in [0.717, 1.165) is 25.7 Å². The summed E-state index contributed by atoms with van der Waals surface area (Å²) in [4.78, 5) is 26.9. The summed E-state index contributed by atoms with van der Waals surface area (Å²) in [6, 6.07) is 13.2. The van der Waals surface area contributed by atoms with Crippen LogP contribution in [0, 0.1) is 5.92 Å². The van der Waals surface area contributed by atoms with Crippen LogP contribution in [-0.4, -0.2) is 44.2 Å². The van der Waals surface area contributed by atoms with Crippen molar-refractivity contribution >= 4 is 44.8 Å². The number of rotatable bonds is 5. The Labute approximate surface area is 193 Å². The Kier molecular flexibility index (Phi) is 6.83. The molecule has 0 aromatic heterocycles. The molecule has 0 unspecified atom stereocenters. The van der Waals surface area contributed by atoms with E-state index in [2.05, 4.69) is 5.32 Å². The molecule has 9 heteroatoms. The molecule has 2 aromatic carbocycles.